The summed E-state index contributed by atoms with van der Waals surface area (Å²) in [7, 11) is 0. The fourth-order valence-corrected chi connectivity index (χ4v) is 2.79. The number of carbonyl (C=O) groups is 1. The SMILES string of the molecule is CCc1ccc(-c2nc3nccc(C(=O)O)c3[nH]2)s1. The van der Waals surface area contributed by atoms with Gasteiger partial charge >= 0.3 is 5.97 Å². The van der Waals surface area contributed by atoms with E-state index in [1.807, 2.05) is 6.07 Å². The van der Waals surface area contributed by atoms with Crippen LogP contribution < -0.4 is 0 Å². The third-order valence-electron chi connectivity index (χ3n) is 2.87. The molecule has 3 heterocycles. The van der Waals surface area contributed by atoms with Gasteiger partial charge in [0.2, 0.25) is 0 Å². The van der Waals surface area contributed by atoms with E-state index < -0.39 is 5.97 Å². The molecule has 0 aromatic carbocycles. The molecule has 0 aliphatic rings. The van der Waals surface area contributed by atoms with Gasteiger partial charge in [-0.05, 0) is 24.6 Å². The normalized spacial score (nSPS) is 11.0. The van der Waals surface area contributed by atoms with E-state index in [0.29, 0.717) is 17.0 Å². The minimum Gasteiger partial charge on any atom is -0.478 e. The Morgan fingerprint density at radius 2 is 2.26 bits per heavy atom. The molecule has 2 N–H and O–H groups in total. The highest BCUT2D eigenvalue weighted by molar-refractivity contribution is 7.15. The lowest BCUT2D eigenvalue weighted by Crippen LogP contribution is -1.97. The first-order valence-corrected chi connectivity index (χ1v) is 6.67. The molecule has 3 aromatic rings. The van der Waals surface area contributed by atoms with Gasteiger partial charge in [0.1, 0.15) is 0 Å². The third kappa shape index (κ3) is 2.00. The maximum Gasteiger partial charge on any atom is 0.338 e. The monoisotopic (exact) mass is 273 g/mol. The summed E-state index contributed by atoms with van der Waals surface area (Å²) in [6, 6.07) is 5.51. The number of hydrogen-bond donors (Lipinski definition) is 2. The summed E-state index contributed by atoms with van der Waals surface area (Å²) < 4.78 is 0. The van der Waals surface area contributed by atoms with Crippen LogP contribution in [0.4, 0.5) is 0 Å². The number of nitrogens with one attached hydrogen (secondary N) is 1. The number of imidazole rings is 1. The Hall–Kier alpha value is -2.21. The number of fused-ring (bicyclic) bond motifs is 1. The van der Waals surface area contributed by atoms with Crippen LogP contribution >= 0.6 is 11.3 Å². The largest absolute Gasteiger partial charge is 0.478 e. The number of hydrogen-bond acceptors (Lipinski definition) is 4. The standard InChI is InChI=1S/C13H11N3O2S/c1-2-7-3-4-9(19-7)11-15-10-8(13(17)18)5-6-14-12(10)16-11/h3-6H,2H2,1H3,(H,17,18)(H,14,15,16). The second kappa shape index (κ2) is 4.47. The van der Waals surface area contributed by atoms with Crippen molar-refractivity contribution in [2.24, 2.45) is 0 Å². The molecule has 0 unspecified atom stereocenters. The molecule has 19 heavy (non-hydrogen) atoms. The summed E-state index contributed by atoms with van der Waals surface area (Å²) in [6.45, 7) is 2.10. The molecule has 0 bridgehead atoms. The second-order valence-electron chi connectivity index (χ2n) is 4.07. The second-order valence-corrected chi connectivity index (χ2v) is 5.24. The van der Waals surface area contributed by atoms with E-state index in [1.165, 1.54) is 17.1 Å². The van der Waals surface area contributed by atoms with Crippen molar-refractivity contribution in [2.45, 2.75) is 13.3 Å². The van der Waals surface area contributed by atoms with E-state index in [4.69, 9.17) is 5.11 Å². The molecule has 0 aliphatic heterocycles. The molecular weight excluding hydrogens is 262 g/mol. The zero-order valence-corrected chi connectivity index (χ0v) is 11.0. The van der Waals surface area contributed by atoms with E-state index in [9.17, 15) is 4.79 Å². The molecule has 0 amide bonds. The number of carboxylic acid groups (broad SMARTS) is 1. The Labute approximate surface area is 113 Å². The van der Waals surface area contributed by atoms with Crippen molar-refractivity contribution in [1.29, 1.82) is 0 Å². The first-order valence-electron chi connectivity index (χ1n) is 5.86. The number of aromatic nitrogens is 3. The van der Waals surface area contributed by atoms with Gasteiger partial charge in [-0.1, -0.05) is 6.92 Å². The van der Waals surface area contributed by atoms with Gasteiger partial charge in [0.05, 0.1) is 16.0 Å². The van der Waals surface area contributed by atoms with Crippen molar-refractivity contribution >= 4 is 28.5 Å². The first-order chi connectivity index (χ1) is 9.19. The van der Waals surface area contributed by atoms with Crippen molar-refractivity contribution in [1.82, 2.24) is 15.0 Å². The smallest absolute Gasteiger partial charge is 0.338 e. The van der Waals surface area contributed by atoms with Crippen LogP contribution in [0.5, 0.6) is 0 Å². The van der Waals surface area contributed by atoms with Crippen LogP contribution in [0.3, 0.4) is 0 Å². The number of aromatic carboxylic acids is 1. The van der Waals surface area contributed by atoms with Gasteiger partial charge in [0, 0.05) is 11.1 Å². The van der Waals surface area contributed by atoms with Crippen LogP contribution in [0.25, 0.3) is 21.9 Å². The molecular formula is C13H11N3O2S. The zero-order chi connectivity index (χ0) is 13.4. The highest BCUT2D eigenvalue weighted by Gasteiger charge is 2.14. The van der Waals surface area contributed by atoms with Gasteiger partial charge in [-0.15, -0.1) is 11.3 Å². The van der Waals surface area contributed by atoms with Crippen molar-refractivity contribution in [3.63, 3.8) is 0 Å². The van der Waals surface area contributed by atoms with E-state index in [2.05, 4.69) is 27.9 Å². The highest BCUT2D eigenvalue weighted by Crippen LogP contribution is 2.28. The summed E-state index contributed by atoms with van der Waals surface area (Å²) in [5, 5.41) is 9.13. The van der Waals surface area contributed by atoms with Crippen LogP contribution in [0, 0.1) is 0 Å². The van der Waals surface area contributed by atoms with Crippen LogP contribution in [-0.2, 0) is 6.42 Å². The third-order valence-corrected chi connectivity index (χ3v) is 4.10. The van der Waals surface area contributed by atoms with Crippen LogP contribution in [0.2, 0.25) is 0 Å². The maximum atomic E-state index is 11.1. The number of carboxylic acids is 1. The first kappa shape index (κ1) is 11.9. The van der Waals surface area contributed by atoms with E-state index in [0.717, 1.165) is 11.3 Å². The van der Waals surface area contributed by atoms with Crippen molar-refractivity contribution in [3.05, 3.63) is 34.8 Å². The molecule has 0 radical (unpaired) electrons. The van der Waals surface area contributed by atoms with Gasteiger partial charge in [-0.2, -0.15) is 0 Å². The summed E-state index contributed by atoms with van der Waals surface area (Å²) in [5.74, 6) is -0.316. The van der Waals surface area contributed by atoms with Crippen molar-refractivity contribution in [3.8, 4) is 10.7 Å². The number of pyridine rings is 1. The van der Waals surface area contributed by atoms with Gasteiger partial charge in [0.15, 0.2) is 11.5 Å². The summed E-state index contributed by atoms with van der Waals surface area (Å²) in [6.07, 6.45) is 2.44. The Morgan fingerprint density at radius 1 is 1.42 bits per heavy atom. The summed E-state index contributed by atoms with van der Waals surface area (Å²) in [4.78, 5) is 24.9. The molecule has 0 aliphatic carbocycles. The molecule has 96 valence electrons. The number of thiophene rings is 1. The molecule has 0 fully saturated rings. The average molecular weight is 273 g/mol. The number of rotatable bonds is 3. The Kier molecular flexibility index (Phi) is 2.79. The van der Waals surface area contributed by atoms with E-state index in [-0.39, 0.29) is 5.56 Å². The van der Waals surface area contributed by atoms with Gasteiger partial charge in [-0.25, -0.2) is 14.8 Å². The lowest BCUT2D eigenvalue weighted by atomic mass is 10.2. The minimum absolute atomic E-state index is 0.191. The Balaban J connectivity index is 2.16. The molecule has 3 rings (SSSR count). The molecule has 0 spiro atoms. The Bertz CT molecular complexity index is 760. The van der Waals surface area contributed by atoms with E-state index in [1.54, 1.807) is 11.3 Å². The minimum atomic E-state index is -0.983. The van der Waals surface area contributed by atoms with Crippen LogP contribution in [0.1, 0.15) is 22.2 Å². The molecule has 0 saturated carbocycles. The number of H-pyrrole nitrogens is 1. The van der Waals surface area contributed by atoms with Crippen LogP contribution in [0.15, 0.2) is 24.4 Å². The van der Waals surface area contributed by atoms with E-state index >= 15 is 0 Å². The Morgan fingerprint density at radius 3 is 2.95 bits per heavy atom. The number of aryl methyl sites for hydroxylation is 1. The quantitative estimate of drug-likeness (QED) is 0.769. The molecule has 6 heteroatoms. The van der Waals surface area contributed by atoms with Crippen LogP contribution in [-0.4, -0.2) is 26.0 Å². The average Bonchev–Trinajstić information content (AvgIpc) is 3.03. The van der Waals surface area contributed by atoms with Crippen molar-refractivity contribution in [2.75, 3.05) is 0 Å². The predicted octanol–water partition coefficient (Wildman–Crippen LogP) is 2.95. The summed E-state index contributed by atoms with van der Waals surface area (Å²) in [5.41, 5.74) is 1.09. The highest BCUT2D eigenvalue weighted by atomic mass is 32.1. The fraction of sp³-hybridized carbons (Fsp3) is 0.154. The summed E-state index contributed by atoms with van der Waals surface area (Å²) >= 11 is 1.65. The molecule has 0 saturated heterocycles. The molecule has 5 nitrogen and oxygen atoms in total. The van der Waals surface area contributed by atoms with Gasteiger partial charge in [0.25, 0.3) is 0 Å². The van der Waals surface area contributed by atoms with Gasteiger partial charge in [-0.3, -0.25) is 0 Å². The van der Waals surface area contributed by atoms with Crippen molar-refractivity contribution < 1.29 is 9.90 Å². The lowest BCUT2D eigenvalue weighted by molar-refractivity contribution is 0.0699. The van der Waals surface area contributed by atoms with Gasteiger partial charge < -0.3 is 10.1 Å². The topological polar surface area (TPSA) is 78.9 Å². The predicted molar refractivity (Wildman–Crippen MR) is 73.5 cm³/mol. The molecule has 0 atom stereocenters. The molecule has 3 aromatic heterocycles. The number of nitrogens with zero attached hydrogens (tertiary/aromatic N) is 2. The maximum absolute atomic E-state index is 11.1. The fourth-order valence-electron chi connectivity index (χ4n) is 1.90. The lowest BCUT2D eigenvalue weighted by Gasteiger charge is -1.93. The number of aromatic amines is 1. The zero-order valence-electron chi connectivity index (χ0n) is 10.2.